The number of aromatic amines is 1. The highest BCUT2D eigenvalue weighted by atomic mass is 16.1. The van der Waals surface area contributed by atoms with Crippen LogP contribution in [0.1, 0.15) is 32.0 Å². The molecule has 0 atom stereocenters. The van der Waals surface area contributed by atoms with Gasteiger partial charge in [-0.25, -0.2) is 4.99 Å². The Morgan fingerprint density at radius 2 is 2.08 bits per heavy atom. The van der Waals surface area contributed by atoms with Crippen molar-refractivity contribution in [1.82, 2.24) is 25.3 Å². The molecule has 0 aliphatic carbocycles. The van der Waals surface area contributed by atoms with Crippen LogP contribution in [0.25, 0.3) is 0 Å². The number of aryl methyl sites for hydroxylation is 1. The second-order valence-corrected chi connectivity index (χ2v) is 6.59. The van der Waals surface area contributed by atoms with Crippen molar-refractivity contribution >= 4 is 11.9 Å². The molecule has 2 rings (SSSR count). The Morgan fingerprint density at radius 3 is 2.58 bits per heavy atom. The summed E-state index contributed by atoms with van der Waals surface area (Å²) in [5, 5.41) is 10.3. The van der Waals surface area contributed by atoms with Crippen LogP contribution >= 0.6 is 0 Å². The molecule has 1 aliphatic heterocycles. The molecule has 1 aromatic rings. The van der Waals surface area contributed by atoms with Crippen molar-refractivity contribution in [2.75, 3.05) is 32.7 Å². The van der Waals surface area contributed by atoms with Crippen molar-refractivity contribution < 1.29 is 4.79 Å². The van der Waals surface area contributed by atoms with Crippen LogP contribution in [0, 0.1) is 6.92 Å². The maximum Gasteiger partial charge on any atom is 0.237 e. The van der Waals surface area contributed by atoms with Gasteiger partial charge < -0.3 is 16.0 Å². The minimum atomic E-state index is -0.616. The van der Waals surface area contributed by atoms with Gasteiger partial charge in [-0.2, -0.15) is 5.10 Å². The molecule has 1 amide bonds. The number of piperazine rings is 1. The smallest absolute Gasteiger partial charge is 0.237 e. The molecular formula is C16H29N7O. The first kappa shape index (κ1) is 18.3. The first-order valence-corrected chi connectivity index (χ1v) is 8.43. The molecule has 0 unspecified atom stereocenters. The highest BCUT2D eigenvalue weighted by Crippen LogP contribution is 2.16. The topological polar surface area (TPSA) is 103 Å². The lowest BCUT2D eigenvalue weighted by Gasteiger charge is -2.43. The van der Waals surface area contributed by atoms with Crippen LogP contribution in [0.5, 0.6) is 0 Å². The minimum Gasteiger partial charge on any atom is -0.368 e. The van der Waals surface area contributed by atoms with Gasteiger partial charge in [-0.05, 0) is 27.7 Å². The number of rotatable bonds is 5. The summed E-state index contributed by atoms with van der Waals surface area (Å²) in [7, 11) is 0. The molecule has 134 valence electrons. The lowest BCUT2D eigenvalue weighted by atomic mass is 10.0. The van der Waals surface area contributed by atoms with Crippen molar-refractivity contribution in [3.63, 3.8) is 0 Å². The third-order valence-electron chi connectivity index (χ3n) is 4.64. The SMILES string of the molecule is CCNC(=NCc1cn[nH]c1C)N1CCN(C(C)(C)C(N)=O)CC1. The quantitative estimate of drug-likeness (QED) is 0.522. The molecule has 1 fully saturated rings. The Bertz CT molecular complexity index is 585. The third kappa shape index (κ3) is 4.05. The normalized spacial score (nSPS) is 17.2. The molecule has 4 N–H and O–H groups in total. The molecule has 0 bridgehead atoms. The number of aromatic nitrogens is 2. The zero-order valence-corrected chi connectivity index (χ0v) is 15.1. The summed E-state index contributed by atoms with van der Waals surface area (Å²) in [5.74, 6) is 0.613. The van der Waals surface area contributed by atoms with Crippen LogP contribution in [0.3, 0.4) is 0 Å². The minimum absolute atomic E-state index is 0.285. The fourth-order valence-corrected chi connectivity index (χ4v) is 2.75. The summed E-state index contributed by atoms with van der Waals surface area (Å²) in [6.45, 7) is 12.4. The first-order valence-electron chi connectivity index (χ1n) is 8.43. The van der Waals surface area contributed by atoms with Gasteiger partial charge in [-0.3, -0.25) is 14.8 Å². The van der Waals surface area contributed by atoms with E-state index in [1.807, 2.05) is 27.0 Å². The number of nitrogens with one attached hydrogen (secondary N) is 2. The van der Waals surface area contributed by atoms with Gasteiger partial charge in [0.1, 0.15) is 0 Å². The summed E-state index contributed by atoms with van der Waals surface area (Å²) in [6, 6.07) is 0. The molecule has 1 aliphatic rings. The van der Waals surface area contributed by atoms with Crippen molar-refractivity contribution in [1.29, 1.82) is 0 Å². The number of hydrogen-bond acceptors (Lipinski definition) is 4. The molecule has 2 heterocycles. The van der Waals surface area contributed by atoms with Gasteiger partial charge in [0.15, 0.2) is 5.96 Å². The van der Waals surface area contributed by atoms with E-state index in [0.717, 1.165) is 49.9 Å². The summed E-state index contributed by atoms with van der Waals surface area (Å²) in [5.41, 5.74) is 7.04. The van der Waals surface area contributed by atoms with E-state index in [2.05, 4.69) is 32.2 Å². The molecule has 0 spiro atoms. The zero-order chi connectivity index (χ0) is 17.7. The van der Waals surface area contributed by atoms with Crippen LogP contribution < -0.4 is 11.1 Å². The van der Waals surface area contributed by atoms with Gasteiger partial charge in [0, 0.05) is 44.0 Å². The van der Waals surface area contributed by atoms with E-state index in [0.29, 0.717) is 6.54 Å². The number of H-pyrrole nitrogens is 1. The van der Waals surface area contributed by atoms with E-state index >= 15 is 0 Å². The monoisotopic (exact) mass is 335 g/mol. The highest BCUT2D eigenvalue weighted by Gasteiger charge is 2.35. The number of nitrogens with zero attached hydrogens (tertiary/aromatic N) is 4. The number of carbonyl (C=O) groups excluding carboxylic acids is 1. The standard InChI is InChI=1S/C16H29N7O/c1-5-18-15(19-10-13-11-20-21-12(13)2)22-6-8-23(9-7-22)16(3,4)14(17)24/h11H,5-10H2,1-4H3,(H2,17,24)(H,18,19)(H,20,21). The molecular weight excluding hydrogens is 306 g/mol. The van der Waals surface area contributed by atoms with Gasteiger partial charge in [-0.15, -0.1) is 0 Å². The molecule has 0 aromatic carbocycles. The van der Waals surface area contributed by atoms with Crippen LogP contribution in [-0.4, -0.2) is 70.1 Å². The van der Waals surface area contributed by atoms with Gasteiger partial charge in [0.05, 0.1) is 18.3 Å². The Kier molecular flexibility index (Phi) is 5.82. The van der Waals surface area contributed by atoms with Crippen molar-refractivity contribution in [2.45, 2.75) is 39.8 Å². The lowest BCUT2D eigenvalue weighted by molar-refractivity contribution is -0.129. The van der Waals surface area contributed by atoms with Gasteiger partial charge in [0.2, 0.25) is 5.91 Å². The van der Waals surface area contributed by atoms with Crippen LogP contribution in [-0.2, 0) is 11.3 Å². The van der Waals surface area contributed by atoms with E-state index in [1.165, 1.54) is 0 Å². The summed E-state index contributed by atoms with van der Waals surface area (Å²) in [6.07, 6.45) is 1.82. The predicted octanol–water partition coefficient (Wildman–Crippen LogP) is 0.0651. The average molecular weight is 335 g/mol. The Morgan fingerprint density at radius 1 is 1.42 bits per heavy atom. The molecule has 8 nitrogen and oxygen atoms in total. The second kappa shape index (κ2) is 7.65. The number of aliphatic imine (C=N–C) groups is 1. The van der Waals surface area contributed by atoms with Crippen molar-refractivity contribution in [3.8, 4) is 0 Å². The number of amides is 1. The third-order valence-corrected chi connectivity index (χ3v) is 4.64. The number of hydrogen-bond donors (Lipinski definition) is 3. The number of carbonyl (C=O) groups is 1. The van der Waals surface area contributed by atoms with E-state index in [-0.39, 0.29) is 5.91 Å². The highest BCUT2D eigenvalue weighted by molar-refractivity contribution is 5.84. The predicted molar refractivity (Wildman–Crippen MR) is 94.6 cm³/mol. The first-order chi connectivity index (χ1) is 11.4. The molecule has 24 heavy (non-hydrogen) atoms. The van der Waals surface area contributed by atoms with Crippen LogP contribution in [0.2, 0.25) is 0 Å². The van der Waals surface area contributed by atoms with Gasteiger partial charge >= 0.3 is 0 Å². The maximum absolute atomic E-state index is 11.6. The number of nitrogens with two attached hydrogens (primary N) is 1. The van der Waals surface area contributed by atoms with E-state index < -0.39 is 5.54 Å². The van der Waals surface area contributed by atoms with E-state index in [9.17, 15) is 4.79 Å². The Hall–Kier alpha value is -2.09. The van der Waals surface area contributed by atoms with E-state index in [1.54, 1.807) is 0 Å². The maximum atomic E-state index is 11.6. The summed E-state index contributed by atoms with van der Waals surface area (Å²) in [4.78, 5) is 20.7. The largest absolute Gasteiger partial charge is 0.368 e. The second-order valence-electron chi connectivity index (χ2n) is 6.59. The van der Waals surface area contributed by atoms with Crippen LogP contribution in [0.15, 0.2) is 11.2 Å². The number of guanidine groups is 1. The zero-order valence-electron chi connectivity index (χ0n) is 15.1. The van der Waals surface area contributed by atoms with Crippen LogP contribution in [0.4, 0.5) is 0 Å². The van der Waals surface area contributed by atoms with E-state index in [4.69, 9.17) is 10.7 Å². The average Bonchev–Trinajstić information content (AvgIpc) is 2.96. The van der Waals surface area contributed by atoms with Crippen molar-refractivity contribution in [3.05, 3.63) is 17.5 Å². The molecule has 8 heteroatoms. The van der Waals surface area contributed by atoms with Crippen molar-refractivity contribution in [2.24, 2.45) is 10.7 Å². The fourth-order valence-electron chi connectivity index (χ4n) is 2.75. The Balaban J connectivity index is 2.00. The Labute approximate surface area is 143 Å². The summed E-state index contributed by atoms with van der Waals surface area (Å²) < 4.78 is 0. The lowest BCUT2D eigenvalue weighted by Crippen LogP contribution is -2.61. The molecule has 0 radical (unpaired) electrons. The molecule has 0 saturated carbocycles. The fraction of sp³-hybridized carbons (Fsp3) is 0.688. The number of primary amides is 1. The van der Waals surface area contributed by atoms with Gasteiger partial charge in [0.25, 0.3) is 0 Å². The van der Waals surface area contributed by atoms with Gasteiger partial charge in [-0.1, -0.05) is 0 Å². The molecule has 1 aromatic heterocycles. The summed E-state index contributed by atoms with van der Waals surface area (Å²) >= 11 is 0. The molecule has 1 saturated heterocycles.